The van der Waals surface area contributed by atoms with Crippen LogP contribution in [-0.4, -0.2) is 9.13 Å². The summed E-state index contributed by atoms with van der Waals surface area (Å²) in [5, 5.41) is 23.6. The summed E-state index contributed by atoms with van der Waals surface area (Å²) in [7, 11) is 0. The van der Waals surface area contributed by atoms with Crippen molar-refractivity contribution in [3.8, 4) is 79.1 Å². The summed E-state index contributed by atoms with van der Waals surface area (Å²) < 4.78 is 49.4. The monoisotopic (exact) mass is 981 g/mol. The lowest BCUT2D eigenvalue weighted by atomic mass is 9.96. The van der Waals surface area contributed by atoms with Gasteiger partial charge < -0.3 is 9.13 Å². The van der Waals surface area contributed by atoms with Crippen molar-refractivity contribution in [2.75, 3.05) is 0 Å². The van der Waals surface area contributed by atoms with E-state index >= 15 is 13.2 Å². The van der Waals surface area contributed by atoms with Gasteiger partial charge in [0.2, 0.25) is 0 Å². The van der Waals surface area contributed by atoms with E-state index in [4.69, 9.17) is 19.7 Å². The average Bonchev–Trinajstić information content (AvgIpc) is 3.98. The van der Waals surface area contributed by atoms with Gasteiger partial charge in [0.1, 0.15) is 0 Å². The molecule has 0 radical (unpaired) electrons. The fourth-order valence-corrected chi connectivity index (χ4v) is 10.7. The largest absolute Gasteiger partial charge is 0.416 e. The van der Waals surface area contributed by atoms with E-state index in [0.29, 0.717) is 55.9 Å². The van der Waals surface area contributed by atoms with Crippen LogP contribution < -0.4 is 0 Å². The summed E-state index contributed by atoms with van der Waals surface area (Å²) in [5.74, 6) is 0. The molecule has 0 atom stereocenters. The van der Waals surface area contributed by atoms with Crippen LogP contribution in [-0.2, 0) is 6.18 Å². The maximum atomic E-state index is 15.1. The van der Waals surface area contributed by atoms with E-state index in [9.17, 15) is 10.5 Å². The molecule has 0 spiro atoms. The molecular weight excluding hydrogens is 948 g/mol. The Morgan fingerprint density at radius 1 is 0.355 bits per heavy atom. The molecule has 0 bridgehead atoms. The summed E-state index contributed by atoms with van der Waals surface area (Å²) in [5.41, 5.74) is 10.7. The Bertz CT molecular complexity index is 4420. The van der Waals surface area contributed by atoms with Crippen molar-refractivity contribution >= 4 is 60.7 Å². The summed E-state index contributed by atoms with van der Waals surface area (Å²) in [6.07, 6.45) is -4.76. The molecule has 0 aliphatic heterocycles. The Morgan fingerprint density at radius 2 is 0.697 bits per heavy atom. The van der Waals surface area contributed by atoms with Crippen molar-refractivity contribution < 1.29 is 13.2 Å². The van der Waals surface area contributed by atoms with Crippen molar-refractivity contribution in [3.63, 3.8) is 0 Å². The molecule has 10 heteroatoms. The minimum Gasteiger partial charge on any atom is -0.308 e. The van der Waals surface area contributed by atoms with Crippen molar-refractivity contribution in [3.05, 3.63) is 257 Å². The number of benzene rings is 10. The molecule has 12 rings (SSSR count). The summed E-state index contributed by atoms with van der Waals surface area (Å²) in [6, 6.07) is 66.4. The van der Waals surface area contributed by atoms with E-state index in [-0.39, 0.29) is 16.8 Å². The number of hydrogen-bond acceptors (Lipinski definition) is 2. The molecule has 354 valence electrons. The highest BCUT2D eigenvalue weighted by Crippen LogP contribution is 2.48. The normalized spacial score (nSPS) is 11.3. The van der Waals surface area contributed by atoms with Gasteiger partial charge in [0, 0.05) is 21.5 Å². The number of nitrogens with zero attached hydrogens (tertiary/aromatic N) is 7. The van der Waals surface area contributed by atoms with Gasteiger partial charge in [-0.1, -0.05) is 127 Å². The van der Waals surface area contributed by atoms with Crippen LogP contribution in [0.15, 0.2) is 206 Å². The second-order valence-corrected chi connectivity index (χ2v) is 18.2. The van der Waals surface area contributed by atoms with Gasteiger partial charge in [0.05, 0.1) is 82.0 Å². The molecule has 2 aromatic heterocycles. The van der Waals surface area contributed by atoms with E-state index in [1.807, 2.05) is 155 Å². The average molecular weight is 982 g/mol. The van der Waals surface area contributed by atoms with Gasteiger partial charge in [0.25, 0.3) is 0 Å². The van der Waals surface area contributed by atoms with Crippen LogP contribution >= 0.6 is 0 Å². The maximum absolute atomic E-state index is 15.1. The van der Waals surface area contributed by atoms with Gasteiger partial charge in [0.15, 0.2) is 17.1 Å². The standard InChI is InChI=1S/C66H34F3N7/c1-72-57-22-12-9-18-48(57)42-26-30-61-54(34-42)52-32-40(46-16-6-4-14-44(46)38-70)24-28-60(52)75(61)64-36-51(50-20-8-11-21-56(50)66(67,68)69)59(74-3)37-65(64)76-62-29-25-41(47-17-7-5-15-45(47)39-71)33-53(62)55-35-43(27-31-63(55)76)49-19-10-13-23-58(49)73-2/h4-37H. The summed E-state index contributed by atoms with van der Waals surface area (Å²) >= 11 is 0. The van der Waals surface area contributed by atoms with E-state index in [1.54, 1.807) is 36.4 Å². The van der Waals surface area contributed by atoms with Crippen LogP contribution in [0.2, 0.25) is 0 Å². The van der Waals surface area contributed by atoms with Crippen LogP contribution in [0, 0.1) is 42.4 Å². The lowest BCUT2D eigenvalue weighted by molar-refractivity contribution is -0.137. The third-order valence-electron chi connectivity index (χ3n) is 14.1. The van der Waals surface area contributed by atoms with Crippen LogP contribution in [0.1, 0.15) is 16.7 Å². The molecule has 7 nitrogen and oxygen atoms in total. The minimum atomic E-state index is -4.76. The van der Waals surface area contributed by atoms with Gasteiger partial charge in [-0.25, -0.2) is 14.5 Å². The molecule has 0 N–H and O–H groups in total. The van der Waals surface area contributed by atoms with E-state index in [1.165, 1.54) is 18.2 Å². The third kappa shape index (κ3) is 7.49. The van der Waals surface area contributed by atoms with Crippen molar-refractivity contribution in [2.24, 2.45) is 0 Å². The Hall–Kier alpha value is -11.0. The fraction of sp³-hybridized carbons (Fsp3) is 0.0152. The highest BCUT2D eigenvalue weighted by atomic mass is 19.4. The van der Waals surface area contributed by atoms with Crippen molar-refractivity contribution in [1.82, 2.24) is 9.13 Å². The number of fused-ring (bicyclic) bond motifs is 6. The molecule has 0 amide bonds. The van der Waals surface area contributed by atoms with Crippen molar-refractivity contribution in [1.29, 1.82) is 10.5 Å². The predicted molar refractivity (Wildman–Crippen MR) is 296 cm³/mol. The van der Waals surface area contributed by atoms with Gasteiger partial charge >= 0.3 is 6.18 Å². The Balaban J connectivity index is 1.24. The first kappa shape index (κ1) is 46.1. The van der Waals surface area contributed by atoms with Crippen LogP contribution in [0.3, 0.4) is 0 Å². The Labute approximate surface area is 434 Å². The number of halogens is 3. The molecule has 0 fully saturated rings. The highest BCUT2D eigenvalue weighted by Gasteiger charge is 2.34. The maximum Gasteiger partial charge on any atom is 0.416 e. The molecule has 0 aliphatic carbocycles. The van der Waals surface area contributed by atoms with Crippen LogP contribution in [0.25, 0.3) is 125 Å². The Morgan fingerprint density at radius 3 is 1.09 bits per heavy atom. The first-order valence-corrected chi connectivity index (χ1v) is 23.9. The first-order chi connectivity index (χ1) is 37.1. The summed E-state index contributed by atoms with van der Waals surface area (Å²) in [4.78, 5) is 11.6. The lowest BCUT2D eigenvalue weighted by Crippen LogP contribution is -2.08. The van der Waals surface area contributed by atoms with Gasteiger partial charge in [-0.05, 0) is 134 Å². The molecule has 2 heterocycles. The Kier molecular flexibility index (Phi) is 11.1. The zero-order valence-corrected chi connectivity index (χ0v) is 39.9. The number of hydrogen-bond donors (Lipinski definition) is 0. The van der Waals surface area contributed by atoms with Crippen LogP contribution in [0.5, 0.6) is 0 Å². The van der Waals surface area contributed by atoms with Gasteiger partial charge in [-0.3, -0.25) is 0 Å². The number of para-hydroxylation sites is 2. The third-order valence-corrected chi connectivity index (χ3v) is 14.1. The fourth-order valence-electron chi connectivity index (χ4n) is 10.7. The predicted octanol–water partition coefficient (Wildman–Crippen LogP) is 18.6. The van der Waals surface area contributed by atoms with Gasteiger partial charge in [-0.2, -0.15) is 23.7 Å². The highest BCUT2D eigenvalue weighted by molar-refractivity contribution is 6.15. The second-order valence-electron chi connectivity index (χ2n) is 18.2. The van der Waals surface area contributed by atoms with Crippen LogP contribution in [0.4, 0.5) is 30.2 Å². The number of nitriles is 2. The topological polar surface area (TPSA) is 70.5 Å². The zero-order chi connectivity index (χ0) is 52.2. The number of alkyl halides is 3. The minimum absolute atomic E-state index is 0.0122. The molecule has 0 saturated heterocycles. The molecule has 0 aliphatic rings. The quantitative estimate of drug-likeness (QED) is 0.149. The molecular formula is C66H34F3N7. The first-order valence-electron chi connectivity index (χ1n) is 23.9. The van der Waals surface area contributed by atoms with E-state index in [2.05, 4.69) is 26.7 Å². The molecule has 76 heavy (non-hydrogen) atoms. The van der Waals surface area contributed by atoms with Crippen molar-refractivity contribution in [2.45, 2.75) is 6.18 Å². The molecule has 0 unspecified atom stereocenters. The SMILES string of the molecule is [C-]#[N+]c1ccccc1-c1ccc2c(c1)c1cc(-c3ccccc3C#N)ccc1n2-c1cc([N+]#[C-])c(-c2ccccc2C(F)(F)F)cc1-n1c2ccc(-c3ccccc3C#N)cc2c2cc(-c3ccccc3[N+]#[C-])ccc21. The summed E-state index contributed by atoms with van der Waals surface area (Å²) in [6.45, 7) is 24.7. The number of rotatable bonds is 7. The van der Waals surface area contributed by atoms with E-state index < -0.39 is 11.7 Å². The molecule has 10 aromatic carbocycles. The molecule has 12 aromatic rings. The zero-order valence-electron chi connectivity index (χ0n) is 39.9. The molecule has 0 saturated carbocycles. The second kappa shape index (κ2) is 18.3. The smallest absolute Gasteiger partial charge is 0.308 e. The van der Waals surface area contributed by atoms with Gasteiger partial charge in [-0.15, -0.1) is 0 Å². The lowest BCUT2D eigenvalue weighted by Gasteiger charge is -2.21. The van der Waals surface area contributed by atoms with E-state index in [0.717, 1.165) is 72.1 Å². The number of aromatic nitrogens is 2.